The SMILES string of the molecule is CC(=O)Nc1ccc(-c2nsc(NC(=O)NC(CCC(c3ccc(F)cc3)c3ccc(F)cc3)Cc3ncccn3)n2)cc1. The van der Waals surface area contributed by atoms with Crippen LogP contribution in [0.1, 0.15) is 42.6 Å². The monoisotopic (exact) mass is 613 g/mol. The van der Waals surface area contributed by atoms with Gasteiger partial charge in [-0.2, -0.15) is 9.36 Å². The first-order valence-electron chi connectivity index (χ1n) is 13.9. The smallest absolute Gasteiger partial charge is 0.321 e. The maximum Gasteiger partial charge on any atom is 0.321 e. The Morgan fingerprint density at radius 2 is 1.43 bits per heavy atom. The Hall–Kier alpha value is -5.10. The van der Waals surface area contributed by atoms with Crippen molar-refractivity contribution in [3.05, 3.63) is 120 Å². The molecule has 3 aromatic carbocycles. The van der Waals surface area contributed by atoms with Crippen LogP contribution in [0.2, 0.25) is 0 Å². The largest absolute Gasteiger partial charge is 0.335 e. The van der Waals surface area contributed by atoms with Crippen molar-refractivity contribution in [2.24, 2.45) is 0 Å². The molecular formula is C32H29F2N7O2S. The average molecular weight is 614 g/mol. The Kier molecular flexibility index (Phi) is 9.92. The normalized spacial score (nSPS) is 11.6. The summed E-state index contributed by atoms with van der Waals surface area (Å²) in [4.78, 5) is 37.5. The van der Waals surface area contributed by atoms with E-state index in [0.29, 0.717) is 41.7 Å². The topological polar surface area (TPSA) is 122 Å². The lowest BCUT2D eigenvalue weighted by Crippen LogP contribution is -2.40. The van der Waals surface area contributed by atoms with Crippen LogP contribution in [0.5, 0.6) is 0 Å². The van der Waals surface area contributed by atoms with Crippen molar-refractivity contribution in [1.29, 1.82) is 0 Å². The van der Waals surface area contributed by atoms with Gasteiger partial charge in [-0.05, 0) is 78.6 Å². The molecule has 44 heavy (non-hydrogen) atoms. The van der Waals surface area contributed by atoms with Crippen molar-refractivity contribution in [2.45, 2.75) is 38.1 Å². The molecule has 0 radical (unpaired) electrons. The average Bonchev–Trinajstić information content (AvgIpc) is 3.47. The Labute approximate surface area is 257 Å². The molecule has 0 aliphatic carbocycles. The van der Waals surface area contributed by atoms with Gasteiger partial charge in [0.1, 0.15) is 17.5 Å². The molecule has 0 spiro atoms. The predicted molar refractivity (Wildman–Crippen MR) is 165 cm³/mol. The number of hydrogen-bond donors (Lipinski definition) is 3. The van der Waals surface area contributed by atoms with Crippen LogP contribution in [0.25, 0.3) is 11.4 Å². The first-order chi connectivity index (χ1) is 21.3. The molecule has 2 heterocycles. The summed E-state index contributed by atoms with van der Waals surface area (Å²) < 4.78 is 31.7. The molecule has 224 valence electrons. The highest BCUT2D eigenvalue weighted by molar-refractivity contribution is 7.10. The molecule has 0 bridgehead atoms. The summed E-state index contributed by atoms with van der Waals surface area (Å²) in [5.41, 5.74) is 3.15. The summed E-state index contributed by atoms with van der Waals surface area (Å²) in [6.07, 6.45) is 4.75. The summed E-state index contributed by atoms with van der Waals surface area (Å²) in [5.74, 6) is -0.00505. The number of nitrogens with zero attached hydrogens (tertiary/aromatic N) is 4. The maximum absolute atomic E-state index is 13.7. The number of nitrogens with one attached hydrogen (secondary N) is 3. The van der Waals surface area contributed by atoms with E-state index in [1.165, 1.54) is 31.2 Å². The summed E-state index contributed by atoms with van der Waals surface area (Å²) in [6.45, 7) is 1.44. The zero-order chi connectivity index (χ0) is 30.9. The van der Waals surface area contributed by atoms with Gasteiger partial charge in [0.15, 0.2) is 5.82 Å². The Balaban J connectivity index is 1.28. The van der Waals surface area contributed by atoms with Crippen LogP contribution in [0.3, 0.4) is 0 Å². The van der Waals surface area contributed by atoms with Crippen molar-refractivity contribution in [3.8, 4) is 11.4 Å². The number of carbonyl (C=O) groups excluding carboxylic acids is 2. The Morgan fingerprint density at radius 3 is 2.02 bits per heavy atom. The molecule has 3 N–H and O–H groups in total. The van der Waals surface area contributed by atoms with Gasteiger partial charge in [-0.3, -0.25) is 10.1 Å². The van der Waals surface area contributed by atoms with E-state index >= 15 is 0 Å². The van der Waals surface area contributed by atoms with Crippen LogP contribution in [0, 0.1) is 11.6 Å². The molecule has 0 saturated heterocycles. The second-order valence-electron chi connectivity index (χ2n) is 10.1. The van der Waals surface area contributed by atoms with E-state index in [4.69, 9.17) is 0 Å². The fourth-order valence-corrected chi connectivity index (χ4v) is 5.37. The number of hydrogen-bond acceptors (Lipinski definition) is 7. The minimum absolute atomic E-state index is 0.164. The van der Waals surface area contributed by atoms with Crippen LogP contribution < -0.4 is 16.0 Å². The predicted octanol–water partition coefficient (Wildman–Crippen LogP) is 6.58. The highest BCUT2D eigenvalue weighted by Gasteiger charge is 2.21. The second-order valence-corrected chi connectivity index (χ2v) is 10.8. The van der Waals surface area contributed by atoms with E-state index in [2.05, 4.69) is 35.3 Å². The van der Waals surface area contributed by atoms with Crippen LogP contribution >= 0.6 is 11.5 Å². The van der Waals surface area contributed by atoms with Gasteiger partial charge in [0.05, 0.1) is 0 Å². The second kappa shape index (κ2) is 14.4. The number of rotatable bonds is 11. The number of urea groups is 1. The fraction of sp³-hybridized carbons (Fsp3) is 0.188. The summed E-state index contributed by atoms with van der Waals surface area (Å²) in [7, 11) is 0. The maximum atomic E-state index is 13.7. The third kappa shape index (κ3) is 8.48. The van der Waals surface area contributed by atoms with Crippen LogP contribution in [0.15, 0.2) is 91.3 Å². The highest BCUT2D eigenvalue weighted by Crippen LogP contribution is 2.31. The number of carbonyl (C=O) groups is 2. The van der Waals surface area contributed by atoms with Gasteiger partial charge in [-0.15, -0.1) is 0 Å². The lowest BCUT2D eigenvalue weighted by molar-refractivity contribution is -0.114. The number of amides is 3. The third-order valence-electron chi connectivity index (χ3n) is 6.84. The molecule has 0 aliphatic heterocycles. The Morgan fingerprint density at radius 1 is 0.818 bits per heavy atom. The van der Waals surface area contributed by atoms with E-state index < -0.39 is 6.03 Å². The number of halogens is 2. The number of anilines is 2. The Bertz CT molecular complexity index is 1640. The van der Waals surface area contributed by atoms with E-state index in [-0.39, 0.29) is 29.5 Å². The van der Waals surface area contributed by atoms with Crippen LogP contribution in [-0.2, 0) is 11.2 Å². The van der Waals surface area contributed by atoms with Gasteiger partial charge in [0.2, 0.25) is 11.0 Å². The van der Waals surface area contributed by atoms with Crippen LogP contribution in [0.4, 0.5) is 24.4 Å². The van der Waals surface area contributed by atoms with Gasteiger partial charge >= 0.3 is 6.03 Å². The lowest BCUT2D eigenvalue weighted by Gasteiger charge is -2.23. The van der Waals surface area contributed by atoms with Gasteiger partial charge in [-0.1, -0.05) is 24.3 Å². The van der Waals surface area contributed by atoms with Crippen molar-refractivity contribution < 1.29 is 18.4 Å². The van der Waals surface area contributed by atoms with E-state index in [1.54, 1.807) is 67.0 Å². The minimum Gasteiger partial charge on any atom is -0.335 e. The third-order valence-corrected chi connectivity index (χ3v) is 7.47. The first-order valence-corrected chi connectivity index (χ1v) is 14.7. The molecule has 9 nitrogen and oxygen atoms in total. The van der Waals surface area contributed by atoms with Crippen molar-refractivity contribution in [3.63, 3.8) is 0 Å². The zero-order valence-electron chi connectivity index (χ0n) is 23.7. The molecule has 0 fully saturated rings. The molecule has 0 aliphatic rings. The minimum atomic E-state index is -0.463. The molecule has 12 heteroatoms. The lowest BCUT2D eigenvalue weighted by atomic mass is 9.86. The molecule has 5 aromatic rings. The van der Waals surface area contributed by atoms with E-state index in [0.717, 1.165) is 28.2 Å². The van der Waals surface area contributed by atoms with Crippen molar-refractivity contribution >= 4 is 34.3 Å². The fourth-order valence-electron chi connectivity index (χ4n) is 4.78. The van der Waals surface area contributed by atoms with Gasteiger partial charge in [0.25, 0.3) is 0 Å². The summed E-state index contributed by atoms with van der Waals surface area (Å²) in [6, 6.07) is 20.5. The number of benzene rings is 3. The van der Waals surface area contributed by atoms with E-state index in [1.807, 2.05) is 0 Å². The summed E-state index contributed by atoms with van der Waals surface area (Å²) in [5, 5.41) is 8.80. The van der Waals surface area contributed by atoms with Crippen molar-refractivity contribution in [1.82, 2.24) is 24.6 Å². The quantitative estimate of drug-likeness (QED) is 0.155. The van der Waals surface area contributed by atoms with E-state index in [9.17, 15) is 18.4 Å². The first kappa shape index (κ1) is 30.4. The molecule has 1 unspecified atom stereocenters. The molecule has 0 saturated carbocycles. The zero-order valence-corrected chi connectivity index (χ0v) is 24.5. The molecule has 1 atom stereocenters. The molecule has 3 amide bonds. The standard InChI is InChI=1S/C32H29F2N7O2S/c1-20(42)37-26-13-7-23(8-14-26)30-39-32(44-41-30)40-31(43)38-27(19-29-35-17-2-18-36-29)15-16-28(21-3-9-24(33)10-4-21)22-5-11-25(34)12-6-22/h2-14,17-18,27-28H,15-16,19H2,1H3,(H,37,42)(H2,38,39,40,41,43). The number of aromatic nitrogens is 4. The van der Waals surface area contributed by atoms with Crippen LogP contribution in [-0.4, -0.2) is 37.3 Å². The highest BCUT2D eigenvalue weighted by atomic mass is 32.1. The van der Waals surface area contributed by atoms with Gasteiger partial charge in [-0.25, -0.2) is 23.5 Å². The van der Waals surface area contributed by atoms with Gasteiger partial charge < -0.3 is 10.6 Å². The molecule has 5 rings (SSSR count). The summed E-state index contributed by atoms with van der Waals surface area (Å²) >= 11 is 1.04. The molecule has 2 aromatic heterocycles. The van der Waals surface area contributed by atoms with Gasteiger partial charge in [0, 0.05) is 60.5 Å². The van der Waals surface area contributed by atoms with Crippen molar-refractivity contribution in [2.75, 3.05) is 10.6 Å². The molecular weight excluding hydrogens is 584 g/mol.